The molecule has 0 atom stereocenters. The number of aromatic nitrogens is 4. The molecule has 3 aromatic rings. The number of nitrogens with zero attached hydrogens (tertiary/aromatic N) is 4. The Morgan fingerprint density at radius 3 is 2.35 bits per heavy atom. The summed E-state index contributed by atoms with van der Waals surface area (Å²) in [4.78, 5) is 24.1. The summed E-state index contributed by atoms with van der Waals surface area (Å²) in [6, 6.07) is 12.7. The minimum absolute atomic E-state index is 0.107. The second kappa shape index (κ2) is 7.51. The van der Waals surface area contributed by atoms with E-state index in [1.165, 1.54) is 19.1 Å². The molecule has 0 aliphatic rings. The molecule has 9 heteroatoms. The van der Waals surface area contributed by atoms with Crippen molar-refractivity contribution in [2.24, 2.45) is 0 Å². The summed E-state index contributed by atoms with van der Waals surface area (Å²) in [7, 11) is 0. The smallest absolute Gasteiger partial charge is 0.248 e. The average molecular weight is 354 g/mol. The van der Waals surface area contributed by atoms with Gasteiger partial charge in [-0.3, -0.25) is 9.59 Å². The van der Waals surface area contributed by atoms with E-state index in [2.05, 4.69) is 26.0 Å². The molecule has 8 nitrogen and oxygen atoms in total. The number of carbonyl (C=O) groups excluding carboxylic acids is 2. The second-order valence-corrected chi connectivity index (χ2v) is 5.43. The Morgan fingerprint density at radius 2 is 1.69 bits per heavy atom. The zero-order chi connectivity index (χ0) is 18.5. The van der Waals surface area contributed by atoms with Gasteiger partial charge in [-0.15, -0.1) is 10.2 Å². The molecule has 0 spiro atoms. The number of rotatable bonds is 5. The van der Waals surface area contributed by atoms with Crippen LogP contribution < -0.4 is 10.6 Å². The molecular weight excluding hydrogens is 339 g/mol. The minimum Gasteiger partial charge on any atom is -0.326 e. The first-order chi connectivity index (χ1) is 12.5. The molecule has 1 heterocycles. The Kier molecular flexibility index (Phi) is 4.97. The van der Waals surface area contributed by atoms with Crippen LogP contribution >= 0.6 is 0 Å². The molecule has 0 aliphatic carbocycles. The van der Waals surface area contributed by atoms with Gasteiger partial charge in [-0.05, 0) is 41.6 Å². The lowest BCUT2D eigenvalue weighted by Gasteiger charge is -2.06. The van der Waals surface area contributed by atoms with Crippen molar-refractivity contribution < 1.29 is 14.0 Å². The van der Waals surface area contributed by atoms with E-state index in [0.717, 1.165) is 4.80 Å². The van der Waals surface area contributed by atoms with E-state index in [1.807, 2.05) is 0 Å². The molecule has 0 aliphatic heterocycles. The van der Waals surface area contributed by atoms with Crippen molar-refractivity contribution in [3.8, 4) is 11.4 Å². The fraction of sp³-hybridized carbons (Fsp3) is 0.118. The maximum absolute atomic E-state index is 13.7. The summed E-state index contributed by atoms with van der Waals surface area (Å²) in [6.07, 6.45) is 0. The van der Waals surface area contributed by atoms with Gasteiger partial charge in [-0.1, -0.05) is 12.1 Å². The Morgan fingerprint density at radius 1 is 1.04 bits per heavy atom. The van der Waals surface area contributed by atoms with Crippen molar-refractivity contribution in [1.82, 2.24) is 20.2 Å². The van der Waals surface area contributed by atoms with E-state index >= 15 is 0 Å². The van der Waals surface area contributed by atoms with Crippen LogP contribution in [0.1, 0.15) is 6.92 Å². The van der Waals surface area contributed by atoms with Crippen LogP contribution in [-0.2, 0) is 16.1 Å². The highest BCUT2D eigenvalue weighted by molar-refractivity contribution is 5.92. The molecule has 2 amide bonds. The van der Waals surface area contributed by atoms with Crippen LogP contribution in [0.3, 0.4) is 0 Å². The van der Waals surface area contributed by atoms with Gasteiger partial charge in [0.1, 0.15) is 12.4 Å². The van der Waals surface area contributed by atoms with Gasteiger partial charge < -0.3 is 10.6 Å². The standard InChI is InChI=1S/C17H15FN6O2/c1-11(25)19-12-6-8-13(9-7-12)20-16(26)10-24-22-17(21-23-24)14-4-2-3-5-15(14)18/h2-9H,10H2,1H3,(H,19,25)(H,20,26). The van der Waals surface area contributed by atoms with Crippen molar-refractivity contribution in [2.45, 2.75) is 13.5 Å². The fourth-order valence-electron chi connectivity index (χ4n) is 2.23. The highest BCUT2D eigenvalue weighted by Crippen LogP contribution is 2.17. The molecule has 0 radical (unpaired) electrons. The highest BCUT2D eigenvalue weighted by atomic mass is 19.1. The van der Waals surface area contributed by atoms with Gasteiger partial charge in [0, 0.05) is 18.3 Å². The van der Waals surface area contributed by atoms with Gasteiger partial charge in [-0.2, -0.15) is 4.80 Å². The second-order valence-electron chi connectivity index (χ2n) is 5.43. The number of tetrazole rings is 1. The quantitative estimate of drug-likeness (QED) is 0.730. The lowest BCUT2D eigenvalue weighted by molar-refractivity contribution is -0.117. The van der Waals surface area contributed by atoms with Gasteiger partial charge in [0.05, 0.1) is 5.56 Å². The number of carbonyl (C=O) groups is 2. The summed E-state index contributed by atoms with van der Waals surface area (Å²) < 4.78 is 13.7. The molecule has 132 valence electrons. The molecule has 3 rings (SSSR count). The molecular formula is C17H15FN6O2. The van der Waals surface area contributed by atoms with Crippen LogP contribution in [-0.4, -0.2) is 32.0 Å². The van der Waals surface area contributed by atoms with Crippen LogP contribution in [0.25, 0.3) is 11.4 Å². The first-order valence-corrected chi connectivity index (χ1v) is 7.71. The largest absolute Gasteiger partial charge is 0.326 e. The number of halogens is 1. The first-order valence-electron chi connectivity index (χ1n) is 7.71. The van der Waals surface area contributed by atoms with Crippen molar-refractivity contribution in [3.63, 3.8) is 0 Å². The molecule has 1 aromatic heterocycles. The molecule has 26 heavy (non-hydrogen) atoms. The Bertz CT molecular complexity index is 938. The van der Waals surface area contributed by atoms with Crippen LogP contribution in [0.15, 0.2) is 48.5 Å². The van der Waals surface area contributed by atoms with Crippen LogP contribution in [0.5, 0.6) is 0 Å². The molecule has 0 unspecified atom stereocenters. The van der Waals surface area contributed by atoms with Gasteiger partial charge in [0.25, 0.3) is 0 Å². The van der Waals surface area contributed by atoms with Crippen LogP contribution in [0.2, 0.25) is 0 Å². The number of benzene rings is 2. The molecule has 0 bridgehead atoms. The van der Waals surface area contributed by atoms with Gasteiger partial charge >= 0.3 is 0 Å². The topological polar surface area (TPSA) is 102 Å². The zero-order valence-corrected chi connectivity index (χ0v) is 13.8. The third-order valence-electron chi connectivity index (χ3n) is 3.34. The average Bonchev–Trinajstić information content (AvgIpc) is 3.04. The number of hydrogen-bond donors (Lipinski definition) is 2. The van der Waals surface area contributed by atoms with Gasteiger partial charge in [-0.25, -0.2) is 4.39 Å². The minimum atomic E-state index is -0.462. The number of amides is 2. The molecule has 0 fully saturated rings. The number of nitrogens with one attached hydrogen (secondary N) is 2. The lowest BCUT2D eigenvalue weighted by Crippen LogP contribution is -2.20. The van der Waals surface area contributed by atoms with Gasteiger partial charge in [0.15, 0.2) is 0 Å². The van der Waals surface area contributed by atoms with Crippen molar-refractivity contribution in [2.75, 3.05) is 10.6 Å². The van der Waals surface area contributed by atoms with Crippen LogP contribution in [0.4, 0.5) is 15.8 Å². The fourth-order valence-corrected chi connectivity index (χ4v) is 2.23. The van der Waals surface area contributed by atoms with E-state index in [4.69, 9.17) is 0 Å². The summed E-state index contributed by atoms with van der Waals surface area (Å²) >= 11 is 0. The summed E-state index contributed by atoms with van der Waals surface area (Å²) in [6.45, 7) is 1.24. The van der Waals surface area contributed by atoms with E-state index in [9.17, 15) is 14.0 Å². The predicted molar refractivity (Wildman–Crippen MR) is 92.6 cm³/mol. The van der Waals surface area contributed by atoms with E-state index in [-0.39, 0.29) is 29.7 Å². The Balaban J connectivity index is 1.62. The number of hydrogen-bond acceptors (Lipinski definition) is 5. The predicted octanol–water partition coefficient (Wildman–Crippen LogP) is 2.08. The van der Waals surface area contributed by atoms with Crippen LogP contribution in [0, 0.1) is 5.82 Å². The molecule has 2 N–H and O–H groups in total. The van der Waals surface area contributed by atoms with Crippen molar-refractivity contribution >= 4 is 23.2 Å². The molecule has 0 saturated carbocycles. The number of anilines is 2. The Labute approximate surface area is 148 Å². The van der Waals surface area contributed by atoms with Crippen molar-refractivity contribution in [3.05, 3.63) is 54.3 Å². The van der Waals surface area contributed by atoms with E-state index in [0.29, 0.717) is 11.4 Å². The lowest BCUT2D eigenvalue weighted by atomic mass is 10.2. The maximum Gasteiger partial charge on any atom is 0.248 e. The van der Waals surface area contributed by atoms with E-state index in [1.54, 1.807) is 36.4 Å². The van der Waals surface area contributed by atoms with Gasteiger partial charge in [0.2, 0.25) is 17.6 Å². The molecule has 0 saturated heterocycles. The summed E-state index contributed by atoms with van der Waals surface area (Å²) in [5, 5.41) is 16.9. The molecule has 2 aromatic carbocycles. The summed E-state index contributed by atoms with van der Waals surface area (Å²) in [5.41, 5.74) is 1.40. The highest BCUT2D eigenvalue weighted by Gasteiger charge is 2.12. The maximum atomic E-state index is 13.7. The summed E-state index contributed by atoms with van der Waals surface area (Å²) in [5.74, 6) is -0.897. The first kappa shape index (κ1) is 17.2. The third kappa shape index (κ3) is 4.26. The normalized spacial score (nSPS) is 10.4. The zero-order valence-electron chi connectivity index (χ0n) is 13.8. The SMILES string of the molecule is CC(=O)Nc1ccc(NC(=O)Cn2nnc(-c3ccccc3F)n2)cc1. The Hall–Kier alpha value is -3.62. The monoisotopic (exact) mass is 354 g/mol. The van der Waals surface area contributed by atoms with Crippen molar-refractivity contribution in [1.29, 1.82) is 0 Å². The van der Waals surface area contributed by atoms with E-state index < -0.39 is 5.82 Å². The third-order valence-corrected chi connectivity index (χ3v) is 3.34.